The molecule has 1 aliphatic carbocycles. The number of nitrogens with one attached hydrogen (secondary N) is 2. The van der Waals surface area contributed by atoms with Gasteiger partial charge in [0.25, 0.3) is 0 Å². The molecule has 2 N–H and O–H groups in total. The quantitative estimate of drug-likeness (QED) is 0.867. The summed E-state index contributed by atoms with van der Waals surface area (Å²) in [6.45, 7) is 3.46. The van der Waals surface area contributed by atoms with Crippen LogP contribution in [0.25, 0.3) is 0 Å². The van der Waals surface area contributed by atoms with E-state index in [0.29, 0.717) is 11.6 Å². The van der Waals surface area contributed by atoms with Crippen molar-refractivity contribution < 1.29 is 4.79 Å². The van der Waals surface area contributed by atoms with Gasteiger partial charge in [0.2, 0.25) is 0 Å². The predicted octanol–water partition coefficient (Wildman–Crippen LogP) is 3.72. The number of hydrogen-bond acceptors (Lipinski definition) is 1. The summed E-state index contributed by atoms with van der Waals surface area (Å²) < 4.78 is 0. The molecule has 19 heavy (non-hydrogen) atoms. The number of hydrogen-bond donors (Lipinski definition) is 2. The molecule has 4 heteroatoms. The monoisotopic (exact) mass is 280 g/mol. The van der Waals surface area contributed by atoms with E-state index in [1.165, 1.54) is 25.7 Å². The van der Waals surface area contributed by atoms with Gasteiger partial charge >= 0.3 is 6.03 Å². The Balaban J connectivity index is 1.74. The molecule has 1 saturated carbocycles. The summed E-state index contributed by atoms with van der Waals surface area (Å²) in [6, 6.07) is 7.43. The molecule has 0 saturated heterocycles. The zero-order valence-corrected chi connectivity index (χ0v) is 12.1. The van der Waals surface area contributed by atoms with Gasteiger partial charge in [-0.3, -0.25) is 0 Å². The zero-order chi connectivity index (χ0) is 13.7. The fourth-order valence-corrected chi connectivity index (χ4v) is 2.78. The number of halogens is 1. The van der Waals surface area contributed by atoms with Gasteiger partial charge in [-0.2, -0.15) is 0 Å². The SMILES string of the molecule is CC1(CNC(=O)NCc2ccccc2Cl)CCCC1. The molecule has 0 unspecified atom stereocenters. The second-order valence-corrected chi connectivity index (χ2v) is 6.05. The van der Waals surface area contributed by atoms with Gasteiger partial charge in [-0.25, -0.2) is 4.79 Å². The van der Waals surface area contributed by atoms with Crippen molar-refractivity contribution in [1.29, 1.82) is 0 Å². The first-order valence-electron chi connectivity index (χ1n) is 6.84. The summed E-state index contributed by atoms with van der Waals surface area (Å²) in [7, 11) is 0. The van der Waals surface area contributed by atoms with Crippen LogP contribution in [0.15, 0.2) is 24.3 Å². The zero-order valence-electron chi connectivity index (χ0n) is 11.3. The van der Waals surface area contributed by atoms with Gasteiger partial charge in [0.15, 0.2) is 0 Å². The highest BCUT2D eigenvalue weighted by Crippen LogP contribution is 2.36. The lowest BCUT2D eigenvalue weighted by Crippen LogP contribution is -2.40. The van der Waals surface area contributed by atoms with Gasteiger partial charge in [-0.05, 0) is 29.9 Å². The van der Waals surface area contributed by atoms with Crippen molar-refractivity contribution in [2.75, 3.05) is 6.54 Å². The van der Waals surface area contributed by atoms with Crippen LogP contribution in [0, 0.1) is 5.41 Å². The lowest BCUT2D eigenvalue weighted by atomic mass is 9.89. The van der Waals surface area contributed by atoms with Crippen LogP contribution in [0.2, 0.25) is 5.02 Å². The summed E-state index contributed by atoms with van der Waals surface area (Å²) in [5, 5.41) is 6.49. The molecule has 0 aliphatic heterocycles. The second-order valence-electron chi connectivity index (χ2n) is 5.65. The van der Waals surface area contributed by atoms with Gasteiger partial charge in [-0.1, -0.05) is 49.6 Å². The van der Waals surface area contributed by atoms with Crippen molar-refractivity contribution in [3.05, 3.63) is 34.9 Å². The van der Waals surface area contributed by atoms with E-state index >= 15 is 0 Å². The third-order valence-corrected chi connectivity index (χ3v) is 4.25. The Kier molecular flexibility index (Phi) is 4.70. The van der Waals surface area contributed by atoms with Crippen molar-refractivity contribution >= 4 is 17.6 Å². The molecule has 0 spiro atoms. The molecule has 1 aromatic rings. The number of amides is 2. The highest BCUT2D eigenvalue weighted by molar-refractivity contribution is 6.31. The number of carbonyl (C=O) groups excluding carboxylic acids is 1. The molecule has 104 valence electrons. The van der Waals surface area contributed by atoms with Crippen LogP contribution in [-0.4, -0.2) is 12.6 Å². The molecule has 0 aromatic heterocycles. The van der Waals surface area contributed by atoms with E-state index in [9.17, 15) is 4.79 Å². The Labute approximate surface area is 119 Å². The molecule has 0 radical (unpaired) electrons. The van der Waals surface area contributed by atoms with E-state index in [4.69, 9.17) is 11.6 Å². The lowest BCUT2D eigenvalue weighted by Gasteiger charge is -2.23. The smallest absolute Gasteiger partial charge is 0.315 e. The van der Waals surface area contributed by atoms with Crippen LogP contribution in [0.3, 0.4) is 0 Å². The predicted molar refractivity (Wildman–Crippen MR) is 78.3 cm³/mol. The first-order chi connectivity index (χ1) is 9.09. The average molecular weight is 281 g/mol. The van der Waals surface area contributed by atoms with E-state index in [0.717, 1.165) is 12.1 Å². The molecular weight excluding hydrogens is 260 g/mol. The van der Waals surface area contributed by atoms with E-state index in [-0.39, 0.29) is 11.4 Å². The maximum atomic E-state index is 11.8. The maximum absolute atomic E-state index is 11.8. The second kappa shape index (κ2) is 6.29. The minimum absolute atomic E-state index is 0.118. The molecule has 2 rings (SSSR count). The lowest BCUT2D eigenvalue weighted by molar-refractivity contribution is 0.231. The Morgan fingerprint density at radius 2 is 1.95 bits per heavy atom. The summed E-state index contributed by atoms with van der Waals surface area (Å²) in [6.07, 6.45) is 4.97. The summed E-state index contributed by atoms with van der Waals surface area (Å²) in [5.74, 6) is 0. The van der Waals surface area contributed by atoms with Crippen LogP contribution in [0.1, 0.15) is 38.2 Å². The molecule has 3 nitrogen and oxygen atoms in total. The summed E-state index contributed by atoms with van der Waals surface area (Å²) >= 11 is 6.04. The van der Waals surface area contributed by atoms with E-state index < -0.39 is 0 Å². The van der Waals surface area contributed by atoms with Gasteiger partial charge < -0.3 is 10.6 Å². The highest BCUT2D eigenvalue weighted by Gasteiger charge is 2.28. The Bertz CT molecular complexity index is 442. The van der Waals surface area contributed by atoms with Crippen molar-refractivity contribution in [3.63, 3.8) is 0 Å². The number of benzene rings is 1. The largest absolute Gasteiger partial charge is 0.338 e. The van der Waals surface area contributed by atoms with Crippen LogP contribution in [-0.2, 0) is 6.54 Å². The van der Waals surface area contributed by atoms with Gasteiger partial charge in [0, 0.05) is 18.1 Å². The first-order valence-corrected chi connectivity index (χ1v) is 7.22. The van der Waals surface area contributed by atoms with Crippen LogP contribution in [0.4, 0.5) is 4.79 Å². The topological polar surface area (TPSA) is 41.1 Å². The van der Waals surface area contributed by atoms with Crippen LogP contribution < -0.4 is 10.6 Å². The Morgan fingerprint density at radius 3 is 2.63 bits per heavy atom. The van der Waals surface area contributed by atoms with Crippen molar-refractivity contribution in [2.45, 2.75) is 39.2 Å². The Hall–Kier alpha value is -1.22. The van der Waals surface area contributed by atoms with Crippen LogP contribution in [0.5, 0.6) is 0 Å². The molecule has 0 heterocycles. The van der Waals surface area contributed by atoms with E-state index in [2.05, 4.69) is 17.6 Å². The molecule has 1 aliphatic rings. The van der Waals surface area contributed by atoms with Crippen LogP contribution >= 0.6 is 11.6 Å². The van der Waals surface area contributed by atoms with Crippen molar-refractivity contribution in [2.24, 2.45) is 5.41 Å². The van der Waals surface area contributed by atoms with E-state index in [1.807, 2.05) is 24.3 Å². The summed E-state index contributed by atoms with van der Waals surface area (Å²) in [5.41, 5.74) is 1.22. The third kappa shape index (κ3) is 4.13. The molecule has 0 bridgehead atoms. The third-order valence-electron chi connectivity index (χ3n) is 3.88. The van der Waals surface area contributed by atoms with Gasteiger partial charge in [-0.15, -0.1) is 0 Å². The first kappa shape index (κ1) is 14.2. The van der Waals surface area contributed by atoms with Gasteiger partial charge in [0.05, 0.1) is 0 Å². The van der Waals surface area contributed by atoms with Gasteiger partial charge in [0.1, 0.15) is 0 Å². The molecule has 2 amide bonds. The highest BCUT2D eigenvalue weighted by atomic mass is 35.5. The Morgan fingerprint density at radius 1 is 1.26 bits per heavy atom. The molecule has 0 atom stereocenters. The minimum Gasteiger partial charge on any atom is -0.338 e. The summed E-state index contributed by atoms with van der Waals surface area (Å²) in [4.78, 5) is 11.8. The number of rotatable bonds is 4. The molecular formula is C15H21ClN2O. The van der Waals surface area contributed by atoms with Crippen molar-refractivity contribution in [1.82, 2.24) is 10.6 Å². The van der Waals surface area contributed by atoms with Crippen molar-refractivity contribution in [3.8, 4) is 0 Å². The molecule has 1 aromatic carbocycles. The number of carbonyl (C=O) groups is 1. The van der Waals surface area contributed by atoms with E-state index in [1.54, 1.807) is 0 Å². The standard InChI is InChI=1S/C15H21ClN2O/c1-15(8-4-5-9-15)11-18-14(19)17-10-12-6-2-3-7-13(12)16/h2-3,6-7H,4-5,8-11H2,1H3,(H2,17,18,19). The fourth-order valence-electron chi connectivity index (χ4n) is 2.58. The fraction of sp³-hybridized carbons (Fsp3) is 0.533. The number of urea groups is 1. The average Bonchev–Trinajstić information content (AvgIpc) is 2.83. The minimum atomic E-state index is -0.118. The normalized spacial score (nSPS) is 17.2. The maximum Gasteiger partial charge on any atom is 0.315 e. The molecule has 1 fully saturated rings.